The van der Waals surface area contributed by atoms with Crippen LogP contribution >= 0.6 is 0 Å². The van der Waals surface area contributed by atoms with E-state index in [-0.39, 0.29) is 18.3 Å². The van der Waals surface area contributed by atoms with Crippen LogP contribution in [0.4, 0.5) is 0 Å². The highest BCUT2D eigenvalue weighted by Gasteiger charge is 2.20. The molecule has 0 bridgehead atoms. The second-order valence-electron chi connectivity index (χ2n) is 7.24. The molecule has 0 N–H and O–H groups in total. The van der Waals surface area contributed by atoms with Crippen molar-refractivity contribution >= 4 is 11.9 Å². The fraction of sp³-hybridized carbons (Fsp3) is 0.391. The lowest BCUT2D eigenvalue weighted by Crippen LogP contribution is -2.34. The number of amides is 1. The molecule has 0 aromatic heterocycles. The van der Waals surface area contributed by atoms with Crippen LogP contribution in [0.5, 0.6) is 5.75 Å². The van der Waals surface area contributed by atoms with Crippen molar-refractivity contribution in [1.82, 2.24) is 4.90 Å². The maximum atomic E-state index is 12.2. The third-order valence-corrected chi connectivity index (χ3v) is 5.00. The molecule has 1 aliphatic rings. The molecule has 0 atom stereocenters. The highest BCUT2D eigenvalue weighted by molar-refractivity contribution is 5.77. The summed E-state index contributed by atoms with van der Waals surface area (Å²) >= 11 is 0. The van der Waals surface area contributed by atoms with E-state index in [1.807, 2.05) is 23.1 Å². The molecule has 2 aromatic carbocycles. The van der Waals surface area contributed by atoms with Crippen molar-refractivity contribution in [2.45, 2.75) is 45.8 Å². The average Bonchev–Trinajstić information content (AvgIpc) is 2.70. The van der Waals surface area contributed by atoms with Gasteiger partial charge in [0.1, 0.15) is 12.4 Å². The molecule has 0 saturated carbocycles. The van der Waals surface area contributed by atoms with Gasteiger partial charge in [0.05, 0.1) is 13.5 Å². The number of benzene rings is 2. The first-order valence-electron chi connectivity index (χ1n) is 9.70. The molecule has 3 rings (SSSR count). The number of methoxy groups -OCH3 is 1. The zero-order valence-corrected chi connectivity index (χ0v) is 16.6. The van der Waals surface area contributed by atoms with Crippen molar-refractivity contribution in [3.8, 4) is 5.75 Å². The van der Waals surface area contributed by atoms with E-state index >= 15 is 0 Å². The van der Waals surface area contributed by atoms with Crippen molar-refractivity contribution < 1.29 is 19.1 Å². The molecule has 1 amide bonds. The normalized spacial score (nSPS) is 14.1. The quantitative estimate of drug-likeness (QED) is 0.685. The second kappa shape index (κ2) is 9.40. The van der Waals surface area contributed by atoms with Crippen LogP contribution in [-0.2, 0) is 33.9 Å². The molecule has 28 heavy (non-hydrogen) atoms. The molecule has 1 fully saturated rings. The Morgan fingerprint density at radius 3 is 2.54 bits per heavy atom. The Bertz CT molecular complexity index is 829. The van der Waals surface area contributed by atoms with Crippen molar-refractivity contribution in [1.29, 1.82) is 0 Å². The third-order valence-electron chi connectivity index (χ3n) is 5.00. The monoisotopic (exact) mass is 381 g/mol. The predicted octanol–water partition coefficient (Wildman–Crippen LogP) is 3.80. The number of likely N-dealkylation sites (tertiary alicyclic amines) is 1. The summed E-state index contributed by atoms with van der Waals surface area (Å²) in [6, 6.07) is 13.9. The lowest BCUT2D eigenvalue weighted by atomic mass is 10.0. The minimum Gasteiger partial charge on any atom is -0.489 e. The standard InChI is InChI=1S/C23H27NO4/c1-17-6-8-18(9-7-17)16-28-21-11-10-19(14-23(26)27-2)13-20(21)15-24-12-4-3-5-22(24)25/h6-11,13H,3-5,12,14-16H2,1-2H3. The maximum Gasteiger partial charge on any atom is 0.309 e. The molecule has 0 aliphatic carbocycles. The number of ether oxygens (including phenoxy) is 2. The van der Waals surface area contributed by atoms with E-state index in [1.54, 1.807) is 0 Å². The van der Waals surface area contributed by atoms with E-state index in [0.29, 0.717) is 19.6 Å². The minimum atomic E-state index is -0.284. The Labute approximate surface area is 166 Å². The van der Waals surface area contributed by atoms with Crippen LogP contribution in [-0.4, -0.2) is 30.4 Å². The van der Waals surface area contributed by atoms with Gasteiger partial charge in [-0.1, -0.05) is 35.9 Å². The number of aryl methyl sites for hydroxylation is 1. The number of nitrogens with zero attached hydrogens (tertiary/aromatic N) is 1. The van der Waals surface area contributed by atoms with Crippen LogP contribution in [0.3, 0.4) is 0 Å². The van der Waals surface area contributed by atoms with E-state index < -0.39 is 0 Å². The van der Waals surface area contributed by atoms with Gasteiger partial charge < -0.3 is 14.4 Å². The van der Waals surface area contributed by atoms with Gasteiger partial charge in [0.15, 0.2) is 0 Å². The van der Waals surface area contributed by atoms with Gasteiger partial charge in [-0.2, -0.15) is 0 Å². The molecule has 148 valence electrons. The summed E-state index contributed by atoms with van der Waals surface area (Å²) in [5.41, 5.74) is 4.07. The van der Waals surface area contributed by atoms with Gasteiger partial charge in [0.2, 0.25) is 5.91 Å². The Kier molecular flexibility index (Phi) is 6.69. The molecule has 2 aromatic rings. The number of hydrogen-bond donors (Lipinski definition) is 0. The summed E-state index contributed by atoms with van der Waals surface area (Å²) < 4.78 is 10.8. The summed E-state index contributed by atoms with van der Waals surface area (Å²) in [5.74, 6) is 0.634. The topological polar surface area (TPSA) is 55.8 Å². The van der Waals surface area contributed by atoms with Gasteiger partial charge in [0.25, 0.3) is 0 Å². The lowest BCUT2D eigenvalue weighted by molar-refractivity contribution is -0.139. The highest BCUT2D eigenvalue weighted by Crippen LogP contribution is 2.25. The lowest BCUT2D eigenvalue weighted by Gasteiger charge is -2.27. The van der Waals surface area contributed by atoms with E-state index in [9.17, 15) is 9.59 Å². The highest BCUT2D eigenvalue weighted by atomic mass is 16.5. The number of carbonyl (C=O) groups excluding carboxylic acids is 2. The van der Waals surface area contributed by atoms with E-state index in [2.05, 4.69) is 31.2 Å². The molecule has 1 saturated heterocycles. The van der Waals surface area contributed by atoms with Gasteiger partial charge in [-0.05, 0) is 43.0 Å². The van der Waals surface area contributed by atoms with Crippen LogP contribution in [0.15, 0.2) is 42.5 Å². The first-order valence-corrected chi connectivity index (χ1v) is 9.70. The van der Waals surface area contributed by atoms with Crippen LogP contribution < -0.4 is 4.74 Å². The first kappa shape index (κ1) is 19.9. The third kappa shape index (κ3) is 5.35. The van der Waals surface area contributed by atoms with Crippen molar-refractivity contribution in [3.63, 3.8) is 0 Å². The van der Waals surface area contributed by atoms with Crippen molar-refractivity contribution in [3.05, 3.63) is 64.7 Å². The molecule has 1 aliphatic heterocycles. The van der Waals surface area contributed by atoms with Gasteiger partial charge >= 0.3 is 5.97 Å². The van der Waals surface area contributed by atoms with E-state index in [0.717, 1.165) is 41.8 Å². The Morgan fingerprint density at radius 2 is 1.82 bits per heavy atom. The number of esters is 1. The molecule has 0 radical (unpaired) electrons. The van der Waals surface area contributed by atoms with Gasteiger partial charge in [-0.15, -0.1) is 0 Å². The first-order chi connectivity index (χ1) is 13.5. The largest absolute Gasteiger partial charge is 0.489 e. The summed E-state index contributed by atoms with van der Waals surface area (Å²) in [7, 11) is 1.38. The number of piperidine rings is 1. The Morgan fingerprint density at radius 1 is 1.07 bits per heavy atom. The van der Waals surface area contributed by atoms with Gasteiger partial charge in [-0.3, -0.25) is 9.59 Å². The van der Waals surface area contributed by atoms with Gasteiger partial charge in [0, 0.05) is 25.1 Å². The molecule has 0 spiro atoms. The van der Waals surface area contributed by atoms with Crippen molar-refractivity contribution in [2.75, 3.05) is 13.7 Å². The SMILES string of the molecule is COC(=O)Cc1ccc(OCc2ccc(C)cc2)c(CN2CCCCC2=O)c1. The smallest absolute Gasteiger partial charge is 0.309 e. The molecule has 0 unspecified atom stereocenters. The average molecular weight is 381 g/mol. The van der Waals surface area contributed by atoms with E-state index in [1.165, 1.54) is 12.7 Å². The second-order valence-corrected chi connectivity index (χ2v) is 7.24. The molecule has 5 heteroatoms. The molecular formula is C23H27NO4. The number of rotatable bonds is 7. The molecule has 1 heterocycles. The predicted molar refractivity (Wildman–Crippen MR) is 107 cm³/mol. The molecule has 5 nitrogen and oxygen atoms in total. The fourth-order valence-corrected chi connectivity index (χ4v) is 3.33. The summed E-state index contributed by atoms with van der Waals surface area (Å²) in [4.78, 5) is 25.8. The molecular weight excluding hydrogens is 354 g/mol. The minimum absolute atomic E-state index is 0.175. The van der Waals surface area contributed by atoms with Gasteiger partial charge in [-0.25, -0.2) is 0 Å². The summed E-state index contributed by atoms with van der Waals surface area (Å²) in [6.45, 7) is 3.77. The number of hydrogen-bond acceptors (Lipinski definition) is 4. The summed E-state index contributed by atoms with van der Waals surface area (Å²) in [6.07, 6.45) is 2.78. The van der Waals surface area contributed by atoms with Crippen LogP contribution in [0, 0.1) is 6.92 Å². The van der Waals surface area contributed by atoms with Crippen LogP contribution in [0.2, 0.25) is 0 Å². The fourth-order valence-electron chi connectivity index (χ4n) is 3.33. The van der Waals surface area contributed by atoms with E-state index in [4.69, 9.17) is 9.47 Å². The zero-order valence-electron chi connectivity index (χ0n) is 16.6. The van der Waals surface area contributed by atoms with Crippen molar-refractivity contribution in [2.24, 2.45) is 0 Å². The van der Waals surface area contributed by atoms with Crippen LogP contribution in [0.1, 0.15) is 41.5 Å². The Balaban J connectivity index is 1.78. The number of carbonyl (C=O) groups is 2. The Hall–Kier alpha value is -2.82. The summed E-state index contributed by atoms with van der Waals surface area (Å²) in [5, 5.41) is 0. The zero-order chi connectivity index (χ0) is 19.9. The maximum absolute atomic E-state index is 12.2. The van der Waals surface area contributed by atoms with Crippen LogP contribution in [0.25, 0.3) is 0 Å².